The lowest BCUT2D eigenvalue weighted by Crippen LogP contribution is -2.03. The highest BCUT2D eigenvalue weighted by Crippen LogP contribution is 2.16. The Hall–Kier alpha value is -1.77. The van der Waals surface area contributed by atoms with E-state index in [1.807, 2.05) is 6.07 Å². The van der Waals surface area contributed by atoms with Crippen LogP contribution < -0.4 is 5.32 Å². The lowest BCUT2D eigenvalue weighted by Gasteiger charge is -2.06. The molecule has 1 aromatic heterocycles. The number of nitrogens with one attached hydrogen (secondary N) is 1. The molecule has 0 aliphatic carbocycles. The van der Waals surface area contributed by atoms with Gasteiger partial charge in [-0.05, 0) is 28.2 Å². The molecule has 0 unspecified atom stereocenters. The van der Waals surface area contributed by atoms with Crippen molar-refractivity contribution in [3.63, 3.8) is 0 Å². The summed E-state index contributed by atoms with van der Waals surface area (Å²) in [7, 11) is 0. The molecule has 6 nitrogen and oxygen atoms in total. The highest BCUT2D eigenvalue weighted by molar-refractivity contribution is 14.1. The van der Waals surface area contributed by atoms with Crippen LogP contribution in [0.25, 0.3) is 0 Å². The third-order valence-corrected chi connectivity index (χ3v) is 3.04. The number of hydrogen-bond acceptors (Lipinski definition) is 5. The Morgan fingerprint density at radius 2 is 2.28 bits per heavy atom. The van der Waals surface area contributed by atoms with Gasteiger partial charge in [0.05, 0.1) is 8.49 Å². The first-order valence-electron chi connectivity index (χ1n) is 5.09. The molecule has 0 aliphatic rings. The molecule has 0 bridgehead atoms. The summed E-state index contributed by atoms with van der Waals surface area (Å²) in [5, 5.41) is 13.8. The van der Waals surface area contributed by atoms with Crippen LogP contribution in [0.3, 0.4) is 0 Å². The molecule has 2 aromatic rings. The molecule has 0 spiro atoms. The van der Waals surface area contributed by atoms with Crippen LogP contribution in [0.4, 0.5) is 11.5 Å². The highest BCUT2D eigenvalue weighted by atomic mass is 127. The molecule has 18 heavy (non-hydrogen) atoms. The maximum absolute atomic E-state index is 10.6. The molecule has 0 fully saturated rings. The monoisotopic (exact) mass is 356 g/mol. The van der Waals surface area contributed by atoms with E-state index in [1.165, 1.54) is 12.4 Å². The van der Waals surface area contributed by atoms with Crippen LogP contribution in [0.15, 0.2) is 36.8 Å². The number of hydrogen-bond donors (Lipinski definition) is 1. The summed E-state index contributed by atoms with van der Waals surface area (Å²) in [5.41, 5.74) is 0.922. The van der Waals surface area contributed by atoms with Gasteiger partial charge in [0.15, 0.2) is 0 Å². The van der Waals surface area contributed by atoms with Gasteiger partial charge in [-0.3, -0.25) is 10.1 Å². The van der Waals surface area contributed by atoms with Crippen molar-refractivity contribution in [2.45, 2.75) is 6.54 Å². The number of nitro groups is 1. The van der Waals surface area contributed by atoms with E-state index in [2.05, 4.69) is 37.9 Å². The van der Waals surface area contributed by atoms with E-state index >= 15 is 0 Å². The minimum atomic E-state index is -0.405. The largest absolute Gasteiger partial charge is 0.365 e. The van der Waals surface area contributed by atoms with Gasteiger partial charge >= 0.3 is 0 Å². The van der Waals surface area contributed by atoms with Gasteiger partial charge in [-0.2, -0.15) is 0 Å². The Balaban J connectivity index is 2.09. The zero-order chi connectivity index (χ0) is 13.0. The van der Waals surface area contributed by atoms with Gasteiger partial charge < -0.3 is 5.32 Å². The van der Waals surface area contributed by atoms with Crippen LogP contribution in [0.5, 0.6) is 0 Å². The second-order valence-electron chi connectivity index (χ2n) is 3.50. The van der Waals surface area contributed by atoms with Crippen LogP contribution in [0.2, 0.25) is 0 Å². The lowest BCUT2D eigenvalue weighted by atomic mass is 10.2. The summed E-state index contributed by atoms with van der Waals surface area (Å²) in [6.07, 6.45) is 3.15. The van der Waals surface area contributed by atoms with E-state index in [0.29, 0.717) is 6.54 Å². The molecule has 0 saturated heterocycles. The molecule has 92 valence electrons. The summed E-state index contributed by atoms with van der Waals surface area (Å²) in [6, 6.07) is 6.51. The Bertz CT molecular complexity index is 576. The number of aromatic nitrogens is 2. The topological polar surface area (TPSA) is 81.0 Å². The minimum absolute atomic E-state index is 0.0895. The van der Waals surface area contributed by atoms with Crippen molar-refractivity contribution >= 4 is 34.1 Å². The Kier molecular flexibility index (Phi) is 4.03. The van der Waals surface area contributed by atoms with Gasteiger partial charge in [-0.15, -0.1) is 0 Å². The van der Waals surface area contributed by atoms with Gasteiger partial charge in [0, 0.05) is 24.9 Å². The smallest absolute Gasteiger partial charge is 0.269 e. The van der Waals surface area contributed by atoms with Crippen molar-refractivity contribution in [1.29, 1.82) is 0 Å². The molecule has 0 aliphatic heterocycles. The average molecular weight is 356 g/mol. The minimum Gasteiger partial charge on any atom is -0.365 e. The molecule has 0 saturated carbocycles. The van der Waals surface area contributed by atoms with Gasteiger partial charge in [0.2, 0.25) is 0 Å². The first-order chi connectivity index (χ1) is 8.66. The predicted molar refractivity (Wildman–Crippen MR) is 75.2 cm³/mol. The molecule has 2 rings (SSSR count). The number of rotatable bonds is 4. The average Bonchev–Trinajstić information content (AvgIpc) is 2.38. The highest BCUT2D eigenvalue weighted by Gasteiger charge is 2.06. The lowest BCUT2D eigenvalue weighted by molar-refractivity contribution is -0.384. The van der Waals surface area contributed by atoms with E-state index in [1.54, 1.807) is 18.3 Å². The molecular weight excluding hydrogens is 347 g/mol. The first kappa shape index (κ1) is 12.7. The van der Waals surface area contributed by atoms with Crippen molar-refractivity contribution in [2.75, 3.05) is 5.32 Å². The number of anilines is 1. The molecular formula is C11H9IN4O2. The molecule has 1 N–H and O–H groups in total. The fraction of sp³-hybridized carbons (Fsp3) is 0.0909. The molecule has 0 radical (unpaired) electrons. The summed E-state index contributed by atoms with van der Waals surface area (Å²) in [6.45, 7) is 0.481. The van der Waals surface area contributed by atoms with E-state index in [-0.39, 0.29) is 5.69 Å². The second-order valence-corrected chi connectivity index (χ2v) is 4.66. The van der Waals surface area contributed by atoms with Crippen molar-refractivity contribution in [2.24, 2.45) is 0 Å². The van der Waals surface area contributed by atoms with Crippen molar-refractivity contribution in [3.05, 3.63) is 56.0 Å². The molecule has 1 aromatic carbocycles. The fourth-order valence-electron chi connectivity index (χ4n) is 1.41. The van der Waals surface area contributed by atoms with Crippen LogP contribution in [0.1, 0.15) is 5.56 Å². The Morgan fingerprint density at radius 3 is 3.00 bits per heavy atom. The zero-order valence-electron chi connectivity index (χ0n) is 9.21. The Labute approximate surface area is 117 Å². The van der Waals surface area contributed by atoms with Gasteiger partial charge in [0.1, 0.15) is 12.1 Å². The molecule has 7 heteroatoms. The van der Waals surface area contributed by atoms with Crippen LogP contribution in [-0.2, 0) is 6.54 Å². The summed E-state index contributed by atoms with van der Waals surface area (Å²) >= 11 is 2.12. The maximum atomic E-state index is 10.6. The predicted octanol–water partition coefficient (Wildman–Crippen LogP) is 2.60. The quantitative estimate of drug-likeness (QED) is 0.518. The zero-order valence-corrected chi connectivity index (χ0v) is 11.4. The summed E-state index contributed by atoms with van der Waals surface area (Å²) < 4.78 is 0.903. The third-order valence-electron chi connectivity index (χ3n) is 2.25. The van der Waals surface area contributed by atoms with E-state index < -0.39 is 4.92 Å². The van der Waals surface area contributed by atoms with Crippen LogP contribution in [0, 0.1) is 13.7 Å². The molecule has 0 atom stereocenters. The van der Waals surface area contributed by atoms with Crippen molar-refractivity contribution < 1.29 is 4.92 Å². The van der Waals surface area contributed by atoms with Crippen molar-refractivity contribution in [3.8, 4) is 0 Å². The summed E-state index contributed by atoms with van der Waals surface area (Å²) in [5.74, 6) is 0.720. The van der Waals surface area contributed by atoms with Crippen LogP contribution in [-0.4, -0.2) is 14.9 Å². The number of nitro benzene ring substituents is 1. The number of halogens is 1. The fourth-order valence-corrected chi connectivity index (χ4v) is 1.90. The van der Waals surface area contributed by atoms with Gasteiger partial charge in [-0.1, -0.05) is 12.1 Å². The SMILES string of the molecule is O=[N+]([O-])c1cccc(CNc2ncncc2I)c1. The first-order valence-corrected chi connectivity index (χ1v) is 6.17. The van der Waals surface area contributed by atoms with E-state index in [9.17, 15) is 10.1 Å². The van der Waals surface area contributed by atoms with Gasteiger partial charge in [-0.25, -0.2) is 9.97 Å². The summed E-state index contributed by atoms with van der Waals surface area (Å²) in [4.78, 5) is 18.2. The molecule has 0 amide bonds. The van der Waals surface area contributed by atoms with Gasteiger partial charge in [0.25, 0.3) is 5.69 Å². The maximum Gasteiger partial charge on any atom is 0.269 e. The van der Waals surface area contributed by atoms with E-state index in [4.69, 9.17) is 0 Å². The van der Waals surface area contributed by atoms with Crippen molar-refractivity contribution in [1.82, 2.24) is 9.97 Å². The third kappa shape index (κ3) is 3.13. The Morgan fingerprint density at radius 1 is 1.44 bits per heavy atom. The normalized spacial score (nSPS) is 10.1. The van der Waals surface area contributed by atoms with Crippen LogP contribution >= 0.6 is 22.6 Å². The number of benzene rings is 1. The standard InChI is InChI=1S/C11H9IN4O2/c12-10-6-13-7-15-11(10)14-5-8-2-1-3-9(4-8)16(17)18/h1-4,6-7H,5H2,(H,13,14,15). The molecule has 1 heterocycles. The van der Waals surface area contributed by atoms with E-state index in [0.717, 1.165) is 15.0 Å². The number of nitrogens with zero attached hydrogens (tertiary/aromatic N) is 3. The number of non-ortho nitro benzene ring substituents is 1. The second kappa shape index (κ2) is 5.71.